The van der Waals surface area contributed by atoms with Gasteiger partial charge in [-0.1, -0.05) is 24.3 Å². The van der Waals surface area contributed by atoms with Gasteiger partial charge in [0.05, 0.1) is 0 Å². The number of aryl methyl sites for hydroxylation is 2. The Labute approximate surface area is 171 Å². The Kier molecular flexibility index (Phi) is 5.60. The minimum absolute atomic E-state index is 0.223. The Hall–Kier alpha value is -3.15. The summed E-state index contributed by atoms with van der Waals surface area (Å²) < 4.78 is 13.1. The highest BCUT2D eigenvalue weighted by Gasteiger charge is 2.19. The van der Waals surface area contributed by atoms with E-state index >= 15 is 0 Å². The fourth-order valence-corrected chi connectivity index (χ4v) is 3.62. The van der Waals surface area contributed by atoms with E-state index in [1.165, 1.54) is 23.4 Å². The SMILES string of the molecule is Cc1cccc(N2CCN(c3cc(NCc4ccc(F)cc4)nc(C)n3)CC2)c1. The lowest BCUT2D eigenvalue weighted by Crippen LogP contribution is -2.47. The minimum atomic E-state index is -0.223. The van der Waals surface area contributed by atoms with E-state index in [-0.39, 0.29) is 5.82 Å². The number of rotatable bonds is 5. The van der Waals surface area contributed by atoms with Gasteiger partial charge < -0.3 is 15.1 Å². The van der Waals surface area contributed by atoms with Gasteiger partial charge in [-0.3, -0.25) is 0 Å². The molecule has 0 unspecified atom stereocenters. The van der Waals surface area contributed by atoms with E-state index in [0.29, 0.717) is 6.54 Å². The molecule has 1 N–H and O–H groups in total. The normalized spacial score (nSPS) is 14.2. The molecular formula is C23H26FN5. The molecule has 0 aliphatic carbocycles. The van der Waals surface area contributed by atoms with Crippen molar-refractivity contribution in [3.63, 3.8) is 0 Å². The summed E-state index contributed by atoms with van der Waals surface area (Å²) in [6, 6.07) is 17.2. The molecule has 4 rings (SSSR count). The van der Waals surface area contributed by atoms with E-state index in [1.54, 1.807) is 12.1 Å². The van der Waals surface area contributed by atoms with Crippen LogP contribution in [0.3, 0.4) is 0 Å². The third-order valence-electron chi connectivity index (χ3n) is 5.18. The average Bonchev–Trinajstić information content (AvgIpc) is 2.73. The zero-order valence-electron chi connectivity index (χ0n) is 16.9. The second kappa shape index (κ2) is 8.47. The third-order valence-corrected chi connectivity index (χ3v) is 5.18. The van der Waals surface area contributed by atoms with Crippen molar-refractivity contribution in [3.8, 4) is 0 Å². The standard InChI is InChI=1S/C23H26FN5/c1-17-4-3-5-21(14-17)28-10-12-29(13-11-28)23-15-22(26-18(2)27-23)25-16-19-6-8-20(24)9-7-19/h3-9,14-15H,10-13,16H2,1-2H3,(H,25,26,27). The molecule has 1 fully saturated rings. The van der Waals surface area contributed by atoms with Crippen LogP contribution in [0.4, 0.5) is 21.7 Å². The van der Waals surface area contributed by atoms with E-state index in [2.05, 4.69) is 56.3 Å². The van der Waals surface area contributed by atoms with Crippen LogP contribution in [0.5, 0.6) is 0 Å². The van der Waals surface area contributed by atoms with E-state index < -0.39 is 0 Å². The van der Waals surface area contributed by atoms with Gasteiger partial charge in [-0.05, 0) is 49.2 Å². The summed E-state index contributed by atoms with van der Waals surface area (Å²) in [4.78, 5) is 13.9. The second-order valence-electron chi connectivity index (χ2n) is 7.45. The van der Waals surface area contributed by atoms with Crippen LogP contribution in [-0.4, -0.2) is 36.1 Å². The number of halogens is 1. The topological polar surface area (TPSA) is 44.3 Å². The molecule has 0 bridgehead atoms. The van der Waals surface area contributed by atoms with Crippen LogP contribution in [0.2, 0.25) is 0 Å². The molecule has 6 heteroatoms. The second-order valence-corrected chi connectivity index (χ2v) is 7.45. The number of nitrogens with zero attached hydrogens (tertiary/aromatic N) is 4. The molecule has 3 aromatic rings. The zero-order valence-corrected chi connectivity index (χ0v) is 16.9. The zero-order chi connectivity index (χ0) is 20.2. The molecule has 29 heavy (non-hydrogen) atoms. The lowest BCUT2D eigenvalue weighted by Gasteiger charge is -2.37. The first-order valence-corrected chi connectivity index (χ1v) is 9.97. The molecule has 0 saturated carbocycles. The third kappa shape index (κ3) is 4.83. The number of anilines is 3. The maximum absolute atomic E-state index is 13.1. The molecule has 1 aromatic heterocycles. The monoisotopic (exact) mass is 391 g/mol. The number of nitrogens with one attached hydrogen (secondary N) is 1. The quantitative estimate of drug-likeness (QED) is 0.707. The maximum Gasteiger partial charge on any atom is 0.134 e. The van der Waals surface area contributed by atoms with Crippen LogP contribution in [-0.2, 0) is 6.54 Å². The van der Waals surface area contributed by atoms with Crippen LogP contribution in [0.25, 0.3) is 0 Å². The largest absolute Gasteiger partial charge is 0.368 e. The lowest BCUT2D eigenvalue weighted by molar-refractivity contribution is 0.627. The van der Waals surface area contributed by atoms with Crippen LogP contribution in [0, 0.1) is 19.7 Å². The summed E-state index contributed by atoms with van der Waals surface area (Å²) in [5, 5.41) is 3.33. The molecule has 150 valence electrons. The van der Waals surface area contributed by atoms with E-state index in [9.17, 15) is 4.39 Å². The molecule has 0 amide bonds. The first-order valence-electron chi connectivity index (χ1n) is 9.97. The number of piperazine rings is 1. The molecule has 1 aliphatic rings. The maximum atomic E-state index is 13.1. The van der Waals surface area contributed by atoms with Gasteiger partial charge in [0.1, 0.15) is 23.3 Å². The van der Waals surface area contributed by atoms with Crippen LogP contribution in [0.1, 0.15) is 17.0 Å². The predicted molar refractivity (Wildman–Crippen MR) is 116 cm³/mol. The highest BCUT2D eigenvalue weighted by molar-refractivity contribution is 5.53. The van der Waals surface area contributed by atoms with Crippen LogP contribution in [0.15, 0.2) is 54.6 Å². The molecule has 1 aliphatic heterocycles. The van der Waals surface area contributed by atoms with Gasteiger partial charge in [-0.2, -0.15) is 0 Å². The highest BCUT2D eigenvalue weighted by Crippen LogP contribution is 2.22. The van der Waals surface area contributed by atoms with Crippen molar-refractivity contribution in [2.75, 3.05) is 41.3 Å². The summed E-state index contributed by atoms with van der Waals surface area (Å²) in [7, 11) is 0. The van der Waals surface area contributed by atoms with Gasteiger partial charge in [0.15, 0.2) is 0 Å². The first-order chi connectivity index (χ1) is 14.1. The molecule has 1 saturated heterocycles. The first kappa shape index (κ1) is 19.2. The number of hydrogen-bond donors (Lipinski definition) is 1. The Morgan fingerprint density at radius 3 is 2.34 bits per heavy atom. The summed E-state index contributed by atoms with van der Waals surface area (Å²) in [6.45, 7) is 8.40. The Bertz CT molecular complexity index is 965. The van der Waals surface area contributed by atoms with Crippen molar-refractivity contribution >= 4 is 17.3 Å². The van der Waals surface area contributed by atoms with Gasteiger partial charge in [0.25, 0.3) is 0 Å². The highest BCUT2D eigenvalue weighted by atomic mass is 19.1. The molecule has 5 nitrogen and oxygen atoms in total. The van der Waals surface area contributed by atoms with Gasteiger partial charge in [0, 0.05) is 44.5 Å². The summed E-state index contributed by atoms with van der Waals surface area (Å²) in [5.41, 5.74) is 3.58. The van der Waals surface area contributed by atoms with Crippen molar-refractivity contribution < 1.29 is 4.39 Å². The van der Waals surface area contributed by atoms with Crippen LogP contribution >= 0.6 is 0 Å². The van der Waals surface area contributed by atoms with Gasteiger partial charge in [-0.25, -0.2) is 14.4 Å². The van der Waals surface area contributed by atoms with Crippen LogP contribution < -0.4 is 15.1 Å². The molecule has 0 spiro atoms. The molecule has 2 aromatic carbocycles. The lowest BCUT2D eigenvalue weighted by atomic mass is 10.2. The van der Waals surface area contributed by atoms with E-state index in [1.807, 2.05) is 13.0 Å². The van der Waals surface area contributed by atoms with E-state index in [4.69, 9.17) is 0 Å². The van der Waals surface area contributed by atoms with Gasteiger partial charge >= 0.3 is 0 Å². The van der Waals surface area contributed by atoms with Crippen molar-refractivity contribution in [2.45, 2.75) is 20.4 Å². The Balaban J connectivity index is 1.40. The van der Waals surface area contributed by atoms with E-state index in [0.717, 1.165) is 49.2 Å². The summed E-state index contributed by atoms with van der Waals surface area (Å²) >= 11 is 0. The van der Waals surface area contributed by atoms with Crippen molar-refractivity contribution in [2.24, 2.45) is 0 Å². The summed E-state index contributed by atoms with van der Waals surface area (Å²) in [5.74, 6) is 2.25. The van der Waals surface area contributed by atoms with Crippen molar-refractivity contribution in [3.05, 3.63) is 77.4 Å². The minimum Gasteiger partial charge on any atom is -0.368 e. The summed E-state index contributed by atoms with van der Waals surface area (Å²) in [6.07, 6.45) is 0. The number of aromatic nitrogens is 2. The van der Waals surface area contributed by atoms with Gasteiger partial charge in [-0.15, -0.1) is 0 Å². The van der Waals surface area contributed by atoms with Crippen molar-refractivity contribution in [1.29, 1.82) is 0 Å². The molecule has 0 radical (unpaired) electrons. The molecular weight excluding hydrogens is 365 g/mol. The predicted octanol–water partition coefficient (Wildman–Crippen LogP) is 4.17. The van der Waals surface area contributed by atoms with Gasteiger partial charge in [0.2, 0.25) is 0 Å². The van der Waals surface area contributed by atoms with Crippen molar-refractivity contribution in [1.82, 2.24) is 9.97 Å². The fraction of sp³-hybridized carbons (Fsp3) is 0.304. The Morgan fingerprint density at radius 1 is 0.897 bits per heavy atom. The number of benzene rings is 2. The fourth-order valence-electron chi connectivity index (χ4n) is 3.62. The smallest absolute Gasteiger partial charge is 0.134 e. The average molecular weight is 391 g/mol. The molecule has 2 heterocycles. The molecule has 0 atom stereocenters. The number of hydrogen-bond acceptors (Lipinski definition) is 5. The Morgan fingerprint density at radius 2 is 1.62 bits per heavy atom.